The zero-order chi connectivity index (χ0) is 14.9. The molecule has 0 radical (unpaired) electrons. The minimum atomic E-state index is -0.760. The van der Waals surface area contributed by atoms with E-state index in [1.807, 2.05) is 0 Å². The number of H-pyrrole nitrogens is 1. The second-order valence-electron chi connectivity index (χ2n) is 5.88. The number of benzene rings is 1. The van der Waals surface area contributed by atoms with E-state index in [0.29, 0.717) is 23.1 Å². The molecule has 5 heteroatoms. The zero-order valence-electron chi connectivity index (χ0n) is 11.8. The van der Waals surface area contributed by atoms with Gasteiger partial charge in [0.1, 0.15) is 5.82 Å². The van der Waals surface area contributed by atoms with Gasteiger partial charge in [-0.25, -0.2) is 4.39 Å². The average Bonchev–Trinajstić information content (AvgIpc) is 2.46. The molecule has 1 saturated carbocycles. The summed E-state index contributed by atoms with van der Waals surface area (Å²) in [7, 11) is 0. The normalized spacial score (nSPS) is 17.8. The van der Waals surface area contributed by atoms with Crippen LogP contribution in [-0.4, -0.2) is 22.2 Å². The van der Waals surface area contributed by atoms with Crippen LogP contribution in [0.25, 0.3) is 10.9 Å². The van der Waals surface area contributed by atoms with Gasteiger partial charge in [0.15, 0.2) is 0 Å². The van der Waals surface area contributed by atoms with Crippen LogP contribution in [-0.2, 0) is 0 Å². The summed E-state index contributed by atoms with van der Waals surface area (Å²) in [5, 5.41) is 14.1. The van der Waals surface area contributed by atoms with Gasteiger partial charge in [0.05, 0.1) is 16.8 Å². The Morgan fingerprint density at radius 2 is 2.00 bits per heavy atom. The van der Waals surface area contributed by atoms with Crippen LogP contribution >= 0.6 is 0 Å². The lowest BCUT2D eigenvalue weighted by Crippen LogP contribution is -2.38. The number of aliphatic hydroxyl groups is 1. The molecule has 0 bridgehead atoms. The number of hydrogen-bond donors (Lipinski definition) is 3. The molecule has 4 nitrogen and oxygen atoms in total. The summed E-state index contributed by atoms with van der Waals surface area (Å²) >= 11 is 0. The van der Waals surface area contributed by atoms with E-state index in [0.717, 1.165) is 32.1 Å². The van der Waals surface area contributed by atoms with E-state index < -0.39 is 5.60 Å². The highest BCUT2D eigenvalue weighted by Gasteiger charge is 2.29. The molecule has 1 aliphatic rings. The molecular formula is C16H19FN2O2. The maximum atomic E-state index is 14.1. The Morgan fingerprint density at radius 3 is 2.76 bits per heavy atom. The third-order valence-electron chi connectivity index (χ3n) is 4.20. The van der Waals surface area contributed by atoms with Gasteiger partial charge in [-0.05, 0) is 31.0 Å². The van der Waals surface area contributed by atoms with E-state index in [4.69, 9.17) is 0 Å². The molecule has 0 unspecified atom stereocenters. The second kappa shape index (κ2) is 5.48. The molecule has 0 aliphatic heterocycles. The number of anilines is 1. The van der Waals surface area contributed by atoms with Crippen molar-refractivity contribution in [2.45, 2.75) is 37.7 Å². The number of pyridine rings is 1. The third-order valence-corrected chi connectivity index (χ3v) is 4.20. The van der Waals surface area contributed by atoms with E-state index in [-0.39, 0.29) is 11.4 Å². The summed E-state index contributed by atoms with van der Waals surface area (Å²) in [6, 6.07) is 5.94. The van der Waals surface area contributed by atoms with Gasteiger partial charge < -0.3 is 15.4 Å². The molecule has 1 fully saturated rings. The SMILES string of the molecule is O=c1ccc2cc(F)c(NCC3(O)CCCCC3)cc2[nH]1. The number of hydrogen-bond acceptors (Lipinski definition) is 3. The van der Waals surface area contributed by atoms with Crippen molar-refractivity contribution in [2.75, 3.05) is 11.9 Å². The fraction of sp³-hybridized carbons (Fsp3) is 0.438. The lowest BCUT2D eigenvalue weighted by molar-refractivity contribution is 0.0167. The molecular weight excluding hydrogens is 271 g/mol. The van der Waals surface area contributed by atoms with Gasteiger partial charge in [-0.3, -0.25) is 4.79 Å². The Labute approximate surface area is 122 Å². The minimum absolute atomic E-state index is 0.217. The molecule has 0 atom stereocenters. The number of aromatic nitrogens is 1. The smallest absolute Gasteiger partial charge is 0.248 e. The van der Waals surface area contributed by atoms with Crippen molar-refractivity contribution in [3.05, 3.63) is 40.4 Å². The standard InChI is InChI=1S/C16H19FN2O2/c17-12-8-11-4-5-15(20)19-13(11)9-14(12)18-10-16(21)6-2-1-3-7-16/h4-5,8-9,18,21H,1-3,6-7,10H2,(H,19,20). The summed E-state index contributed by atoms with van der Waals surface area (Å²) in [5.41, 5.74) is -0.0830. The highest BCUT2D eigenvalue weighted by atomic mass is 19.1. The van der Waals surface area contributed by atoms with Gasteiger partial charge in [-0.2, -0.15) is 0 Å². The first-order chi connectivity index (χ1) is 10.1. The van der Waals surface area contributed by atoms with Gasteiger partial charge in [-0.1, -0.05) is 19.3 Å². The molecule has 3 N–H and O–H groups in total. The predicted octanol–water partition coefficient (Wildman–Crippen LogP) is 2.77. The Bertz CT molecular complexity index is 705. The summed E-state index contributed by atoms with van der Waals surface area (Å²) in [5.74, 6) is -0.381. The first-order valence-electron chi connectivity index (χ1n) is 7.35. The molecule has 2 aromatic rings. The van der Waals surface area contributed by atoms with Gasteiger partial charge in [-0.15, -0.1) is 0 Å². The Morgan fingerprint density at radius 1 is 1.24 bits per heavy atom. The first kappa shape index (κ1) is 14.1. The molecule has 0 amide bonds. The third kappa shape index (κ3) is 3.08. The fourth-order valence-electron chi connectivity index (χ4n) is 2.96. The van der Waals surface area contributed by atoms with Crippen LogP contribution < -0.4 is 10.9 Å². The number of fused-ring (bicyclic) bond motifs is 1. The molecule has 1 aromatic carbocycles. The molecule has 1 aliphatic carbocycles. The van der Waals surface area contributed by atoms with Crippen LogP contribution in [0.4, 0.5) is 10.1 Å². The van der Waals surface area contributed by atoms with Gasteiger partial charge in [0.2, 0.25) is 5.56 Å². The lowest BCUT2D eigenvalue weighted by Gasteiger charge is -2.32. The quantitative estimate of drug-likeness (QED) is 0.814. The summed E-state index contributed by atoms with van der Waals surface area (Å²) in [6.07, 6.45) is 4.64. The maximum Gasteiger partial charge on any atom is 0.248 e. The van der Waals surface area contributed by atoms with E-state index in [9.17, 15) is 14.3 Å². The van der Waals surface area contributed by atoms with E-state index >= 15 is 0 Å². The van der Waals surface area contributed by atoms with Crippen LogP contribution in [0, 0.1) is 5.82 Å². The highest BCUT2D eigenvalue weighted by molar-refractivity contribution is 5.82. The molecule has 1 aromatic heterocycles. The summed E-state index contributed by atoms with van der Waals surface area (Å²) in [4.78, 5) is 14.0. The van der Waals surface area contributed by atoms with Crippen LogP contribution in [0.2, 0.25) is 0 Å². The van der Waals surface area contributed by atoms with Crippen LogP contribution in [0.5, 0.6) is 0 Å². The second-order valence-corrected chi connectivity index (χ2v) is 5.88. The number of aromatic amines is 1. The molecule has 3 rings (SSSR count). The molecule has 0 spiro atoms. The van der Waals surface area contributed by atoms with Crippen LogP contribution in [0.1, 0.15) is 32.1 Å². The minimum Gasteiger partial charge on any atom is -0.388 e. The number of nitrogens with one attached hydrogen (secondary N) is 2. The molecule has 112 valence electrons. The molecule has 0 saturated heterocycles. The van der Waals surface area contributed by atoms with Crippen molar-refractivity contribution < 1.29 is 9.50 Å². The molecule has 1 heterocycles. The maximum absolute atomic E-state index is 14.1. The average molecular weight is 290 g/mol. The van der Waals surface area contributed by atoms with Gasteiger partial charge >= 0.3 is 0 Å². The van der Waals surface area contributed by atoms with E-state index in [1.165, 1.54) is 12.1 Å². The fourth-order valence-corrected chi connectivity index (χ4v) is 2.96. The van der Waals surface area contributed by atoms with Crippen molar-refractivity contribution >= 4 is 16.6 Å². The number of halogens is 1. The van der Waals surface area contributed by atoms with Crippen molar-refractivity contribution in [1.29, 1.82) is 0 Å². The van der Waals surface area contributed by atoms with Crippen molar-refractivity contribution in [1.82, 2.24) is 4.98 Å². The van der Waals surface area contributed by atoms with Crippen molar-refractivity contribution in [2.24, 2.45) is 0 Å². The van der Waals surface area contributed by atoms with Gasteiger partial charge in [0.25, 0.3) is 0 Å². The topological polar surface area (TPSA) is 65.1 Å². The number of rotatable bonds is 3. The molecule has 21 heavy (non-hydrogen) atoms. The Balaban J connectivity index is 1.83. The zero-order valence-corrected chi connectivity index (χ0v) is 11.8. The van der Waals surface area contributed by atoms with Crippen LogP contribution in [0.15, 0.2) is 29.1 Å². The van der Waals surface area contributed by atoms with Crippen molar-refractivity contribution in [3.8, 4) is 0 Å². The largest absolute Gasteiger partial charge is 0.388 e. The van der Waals surface area contributed by atoms with Gasteiger partial charge in [0, 0.05) is 18.0 Å². The summed E-state index contributed by atoms with van der Waals surface area (Å²) < 4.78 is 14.1. The van der Waals surface area contributed by atoms with E-state index in [1.54, 1.807) is 12.1 Å². The van der Waals surface area contributed by atoms with E-state index in [2.05, 4.69) is 10.3 Å². The summed E-state index contributed by atoms with van der Waals surface area (Å²) in [6.45, 7) is 0.326. The highest BCUT2D eigenvalue weighted by Crippen LogP contribution is 2.29. The predicted molar refractivity (Wildman–Crippen MR) is 81.1 cm³/mol. The Hall–Kier alpha value is -1.88. The van der Waals surface area contributed by atoms with Crippen LogP contribution in [0.3, 0.4) is 0 Å². The first-order valence-corrected chi connectivity index (χ1v) is 7.35. The Kier molecular flexibility index (Phi) is 3.68. The monoisotopic (exact) mass is 290 g/mol. The lowest BCUT2D eigenvalue weighted by atomic mass is 9.85. The van der Waals surface area contributed by atoms with Crippen molar-refractivity contribution in [3.63, 3.8) is 0 Å².